The van der Waals surface area contributed by atoms with Gasteiger partial charge in [-0.25, -0.2) is 4.39 Å². The summed E-state index contributed by atoms with van der Waals surface area (Å²) in [5.74, 6) is -1.02. The number of carbonyl (C=O) groups is 1. The summed E-state index contributed by atoms with van der Waals surface area (Å²) in [7, 11) is 0. The molecule has 1 N–H and O–H groups in total. The van der Waals surface area contributed by atoms with Gasteiger partial charge in [-0.3, -0.25) is 9.69 Å². The Labute approximate surface area is 120 Å². The average molecular weight is 330 g/mol. The Morgan fingerprint density at radius 2 is 2.32 bits per heavy atom. The molecule has 104 valence electrons. The molecule has 0 aliphatic carbocycles. The quantitative estimate of drug-likeness (QED) is 0.925. The fourth-order valence-electron chi connectivity index (χ4n) is 2.56. The van der Waals surface area contributed by atoms with E-state index in [9.17, 15) is 14.3 Å². The van der Waals surface area contributed by atoms with Crippen LogP contribution in [0, 0.1) is 11.2 Å². The van der Waals surface area contributed by atoms with Gasteiger partial charge in [0.15, 0.2) is 0 Å². The molecule has 1 aromatic rings. The molecule has 3 nitrogen and oxygen atoms in total. The number of benzene rings is 1. The van der Waals surface area contributed by atoms with Crippen LogP contribution in [0.1, 0.15) is 25.3 Å². The van der Waals surface area contributed by atoms with Crippen LogP contribution in [0.15, 0.2) is 22.7 Å². The van der Waals surface area contributed by atoms with E-state index in [0.717, 1.165) is 23.0 Å². The maximum absolute atomic E-state index is 13.2. The molecule has 1 saturated heterocycles. The van der Waals surface area contributed by atoms with Gasteiger partial charge in [0.25, 0.3) is 0 Å². The van der Waals surface area contributed by atoms with E-state index in [1.54, 1.807) is 13.0 Å². The second-order valence-electron chi connectivity index (χ2n) is 5.42. The predicted molar refractivity (Wildman–Crippen MR) is 74.4 cm³/mol. The summed E-state index contributed by atoms with van der Waals surface area (Å²) in [6.07, 6.45) is 1.55. The van der Waals surface area contributed by atoms with Crippen LogP contribution in [0.5, 0.6) is 0 Å². The second-order valence-corrected chi connectivity index (χ2v) is 6.27. The van der Waals surface area contributed by atoms with Crippen LogP contribution in [0.3, 0.4) is 0 Å². The van der Waals surface area contributed by atoms with Gasteiger partial charge in [0.05, 0.1) is 5.41 Å². The van der Waals surface area contributed by atoms with Crippen molar-refractivity contribution in [3.8, 4) is 0 Å². The first-order valence-electron chi connectivity index (χ1n) is 6.30. The average Bonchev–Trinajstić information content (AvgIpc) is 2.34. The molecule has 19 heavy (non-hydrogen) atoms. The van der Waals surface area contributed by atoms with Gasteiger partial charge < -0.3 is 5.11 Å². The van der Waals surface area contributed by atoms with Crippen LogP contribution >= 0.6 is 15.9 Å². The highest BCUT2D eigenvalue weighted by molar-refractivity contribution is 9.10. The van der Waals surface area contributed by atoms with E-state index in [1.807, 2.05) is 0 Å². The van der Waals surface area contributed by atoms with Gasteiger partial charge in [-0.2, -0.15) is 0 Å². The number of likely N-dealkylation sites (tertiary alicyclic amines) is 1. The third kappa shape index (κ3) is 3.34. The molecule has 0 bridgehead atoms. The SMILES string of the molecule is CC1(C(=O)O)CCCN(Cc2cc(F)ccc2Br)C1. The molecular formula is C14H17BrFNO2. The molecule has 0 spiro atoms. The van der Waals surface area contributed by atoms with Crippen LogP contribution < -0.4 is 0 Å². The largest absolute Gasteiger partial charge is 0.481 e. The van der Waals surface area contributed by atoms with Crippen molar-refractivity contribution in [1.82, 2.24) is 4.90 Å². The van der Waals surface area contributed by atoms with Crippen molar-refractivity contribution in [2.45, 2.75) is 26.3 Å². The highest BCUT2D eigenvalue weighted by Gasteiger charge is 2.37. The lowest BCUT2D eigenvalue weighted by Crippen LogP contribution is -2.45. The van der Waals surface area contributed by atoms with E-state index >= 15 is 0 Å². The summed E-state index contributed by atoms with van der Waals surface area (Å²) in [6, 6.07) is 4.59. The lowest BCUT2D eigenvalue weighted by atomic mass is 9.82. The maximum Gasteiger partial charge on any atom is 0.310 e. The number of hydrogen-bond acceptors (Lipinski definition) is 2. The van der Waals surface area contributed by atoms with E-state index in [4.69, 9.17) is 0 Å². The zero-order chi connectivity index (χ0) is 14.0. The summed E-state index contributed by atoms with van der Waals surface area (Å²) in [5, 5.41) is 9.28. The molecule has 0 aromatic heterocycles. The summed E-state index contributed by atoms with van der Waals surface area (Å²) in [4.78, 5) is 13.4. The van der Waals surface area contributed by atoms with Crippen molar-refractivity contribution in [2.24, 2.45) is 5.41 Å². The Bertz CT molecular complexity index is 494. The lowest BCUT2D eigenvalue weighted by Gasteiger charge is -2.37. The maximum atomic E-state index is 13.2. The van der Waals surface area contributed by atoms with Crippen molar-refractivity contribution >= 4 is 21.9 Å². The van der Waals surface area contributed by atoms with Crippen LogP contribution in [0.2, 0.25) is 0 Å². The third-order valence-corrected chi connectivity index (χ3v) is 4.47. The van der Waals surface area contributed by atoms with Crippen molar-refractivity contribution in [2.75, 3.05) is 13.1 Å². The smallest absolute Gasteiger partial charge is 0.310 e. The molecule has 2 rings (SSSR count). The molecular weight excluding hydrogens is 313 g/mol. The topological polar surface area (TPSA) is 40.5 Å². The highest BCUT2D eigenvalue weighted by atomic mass is 79.9. The minimum Gasteiger partial charge on any atom is -0.481 e. The molecule has 1 aromatic carbocycles. The summed E-state index contributed by atoms with van der Waals surface area (Å²) in [5.41, 5.74) is 0.160. The van der Waals surface area contributed by atoms with Crippen LogP contribution in [-0.2, 0) is 11.3 Å². The molecule has 0 saturated carbocycles. The number of hydrogen-bond donors (Lipinski definition) is 1. The van der Waals surface area contributed by atoms with Crippen LogP contribution in [0.25, 0.3) is 0 Å². The normalized spacial score (nSPS) is 24.4. The van der Waals surface area contributed by atoms with Gasteiger partial charge in [0.2, 0.25) is 0 Å². The van der Waals surface area contributed by atoms with Crippen molar-refractivity contribution in [3.05, 3.63) is 34.1 Å². The zero-order valence-electron chi connectivity index (χ0n) is 10.8. The molecule has 0 radical (unpaired) electrons. The fourth-order valence-corrected chi connectivity index (χ4v) is 2.93. The van der Waals surface area contributed by atoms with Gasteiger partial charge in [-0.15, -0.1) is 0 Å². The van der Waals surface area contributed by atoms with E-state index < -0.39 is 11.4 Å². The van der Waals surface area contributed by atoms with Gasteiger partial charge >= 0.3 is 5.97 Å². The molecule has 1 aliphatic heterocycles. The number of piperidine rings is 1. The first kappa shape index (κ1) is 14.5. The van der Waals surface area contributed by atoms with Crippen LogP contribution in [-0.4, -0.2) is 29.1 Å². The first-order chi connectivity index (χ1) is 8.90. The summed E-state index contributed by atoms with van der Waals surface area (Å²) < 4.78 is 14.1. The summed E-state index contributed by atoms with van der Waals surface area (Å²) in [6.45, 7) is 3.71. The lowest BCUT2D eigenvalue weighted by molar-refractivity contribution is -0.151. The second kappa shape index (κ2) is 5.59. The standard InChI is InChI=1S/C14H17BrFNO2/c1-14(13(18)19)5-2-6-17(9-14)8-10-7-11(16)3-4-12(10)15/h3-4,7H,2,5-6,8-9H2,1H3,(H,18,19). The number of aliphatic carboxylic acids is 1. The van der Waals surface area contributed by atoms with E-state index in [2.05, 4.69) is 20.8 Å². The van der Waals surface area contributed by atoms with Gasteiger partial charge in [-0.05, 0) is 50.1 Å². The van der Waals surface area contributed by atoms with Crippen molar-refractivity contribution < 1.29 is 14.3 Å². The van der Waals surface area contributed by atoms with Gasteiger partial charge in [0.1, 0.15) is 5.82 Å². The first-order valence-corrected chi connectivity index (χ1v) is 7.10. The number of halogens is 2. The van der Waals surface area contributed by atoms with E-state index in [-0.39, 0.29) is 5.82 Å². The summed E-state index contributed by atoms with van der Waals surface area (Å²) >= 11 is 3.41. The molecule has 5 heteroatoms. The number of nitrogens with zero attached hydrogens (tertiary/aromatic N) is 1. The van der Waals surface area contributed by atoms with E-state index in [1.165, 1.54) is 12.1 Å². The van der Waals surface area contributed by atoms with E-state index in [0.29, 0.717) is 19.5 Å². The van der Waals surface area contributed by atoms with Gasteiger partial charge in [-0.1, -0.05) is 15.9 Å². The molecule has 1 unspecified atom stereocenters. The van der Waals surface area contributed by atoms with Crippen molar-refractivity contribution in [3.63, 3.8) is 0 Å². The number of carboxylic acid groups (broad SMARTS) is 1. The molecule has 1 heterocycles. The predicted octanol–water partition coefficient (Wildman–Crippen LogP) is 3.27. The number of rotatable bonds is 3. The minimum absolute atomic E-state index is 0.267. The third-order valence-electron chi connectivity index (χ3n) is 3.69. The fraction of sp³-hybridized carbons (Fsp3) is 0.500. The van der Waals surface area contributed by atoms with Gasteiger partial charge in [0, 0.05) is 17.6 Å². The molecule has 0 amide bonds. The molecule has 1 fully saturated rings. The number of carboxylic acids is 1. The monoisotopic (exact) mass is 329 g/mol. The zero-order valence-corrected chi connectivity index (χ0v) is 12.4. The Morgan fingerprint density at radius 1 is 1.58 bits per heavy atom. The molecule has 1 atom stereocenters. The van der Waals surface area contributed by atoms with Crippen molar-refractivity contribution in [1.29, 1.82) is 0 Å². The highest BCUT2D eigenvalue weighted by Crippen LogP contribution is 2.31. The Hall–Kier alpha value is -0.940. The Balaban J connectivity index is 2.11. The molecule has 1 aliphatic rings. The minimum atomic E-state index is -0.754. The van der Waals surface area contributed by atoms with Crippen LogP contribution in [0.4, 0.5) is 4.39 Å². The Kier molecular flexibility index (Phi) is 4.26. The Morgan fingerprint density at radius 3 is 3.00 bits per heavy atom.